The van der Waals surface area contributed by atoms with E-state index in [9.17, 15) is 4.39 Å². The average molecular weight is 297 g/mol. The predicted octanol–water partition coefficient (Wildman–Crippen LogP) is 4.97. The molecule has 0 aliphatic rings. The van der Waals surface area contributed by atoms with Gasteiger partial charge in [-0.15, -0.1) is 0 Å². The van der Waals surface area contributed by atoms with Crippen molar-refractivity contribution in [2.75, 3.05) is 5.43 Å². The fourth-order valence-corrected chi connectivity index (χ4v) is 1.93. The molecule has 0 unspecified atom stereocenters. The third-order valence-electron chi connectivity index (χ3n) is 2.54. The molecule has 2 aromatic rings. The van der Waals surface area contributed by atoms with Crippen molar-refractivity contribution in [2.24, 2.45) is 5.10 Å². The molecule has 98 valence electrons. The molecular formula is C14H11Cl2FN2. The van der Waals surface area contributed by atoms with Crippen molar-refractivity contribution in [1.29, 1.82) is 0 Å². The smallest absolute Gasteiger partial charge is 0.123 e. The maximum absolute atomic E-state index is 12.8. The highest BCUT2D eigenvalue weighted by molar-refractivity contribution is 6.36. The molecule has 0 aliphatic carbocycles. The first-order valence-electron chi connectivity index (χ1n) is 5.57. The van der Waals surface area contributed by atoms with Gasteiger partial charge < -0.3 is 0 Å². The fourth-order valence-electron chi connectivity index (χ4n) is 1.48. The SMILES string of the molecule is C/C(=N/Nc1ccc(Cl)cc1Cl)c1ccc(F)cc1. The summed E-state index contributed by atoms with van der Waals surface area (Å²) >= 11 is 11.8. The van der Waals surface area contributed by atoms with Crippen LogP contribution in [0.1, 0.15) is 12.5 Å². The molecule has 0 saturated carbocycles. The summed E-state index contributed by atoms with van der Waals surface area (Å²) in [5.74, 6) is -0.273. The van der Waals surface area contributed by atoms with Crippen LogP contribution in [0.25, 0.3) is 0 Å². The molecule has 0 radical (unpaired) electrons. The lowest BCUT2D eigenvalue weighted by Crippen LogP contribution is -2.00. The molecule has 0 spiro atoms. The summed E-state index contributed by atoms with van der Waals surface area (Å²) < 4.78 is 12.8. The van der Waals surface area contributed by atoms with Crippen LogP contribution in [0.3, 0.4) is 0 Å². The highest BCUT2D eigenvalue weighted by Crippen LogP contribution is 2.25. The number of hydrogen-bond donors (Lipinski definition) is 1. The summed E-state index contributed by atoms with van der Waals surface area (Å²) in [5.41, 5.74) is 5.08. The van der Waals surface area contributed by atoms with E-state index in [1.807, 2.05) is 6.92 Å². The van der Waals surface area contributed by atoms with Crippen molar-refractivity contribution >= 4 is 34.6 Å². The van der Waals surface area contributed by atoms with E-state index in [2.05, 4.69) is 10.5 Å². The van der Waals surface area contributed by atoms with Crippen LogP contribution in [-0.4, -0.2) is 5.71 Å². The van der Waals surface area contributed by atoms with E-state index in [0.29, 0.717) is 15.7 Å². The number of benzene rings is 2. The van der Waals surface area contributed by atoms with Crippen LogP contribution in [-0.2, 0) is 0 Å². The van der Waals surface area contributed by atoms with Crippen LogP contribution in [0.5, 0.6) is 0 Å². The number of rotatable bonds is 3. The zero-order chi connectivity index (χ0) is 13.8. The minimum atomic E-state index is -0.273. The van der Waals surface area contributed by atoms with Crippen LogP contribution in [0.15, 0.2) is 47.6 Å². The van der Waals surface area contributed by atoms with E-state index in [0.717, 1.165) is 11.3 Å². The van der Waals surface area contributed by atoms with Gasteiger partial charge >= 0.3 is 0 Å². The molecule has 0 fully saturated rings. The predicted molar refractivity (Wildman–Crippen MR) is 78.7 cm³/mol. The molecule has 0 heterocycles. The number of nitrogens with zero attached hydrogens (tertiary/aromatic N) is 1. The fraction of sp³-hybridized carbons (Fsp3) is 0.0714. The van der Waals surface area contributed by atoms with Crippen molar-refractivity contribution < 1.29 is 4.39 Å². The Morgan fingerprint density at radius 2 is 1.79 bits per heavy atom. The van der Waals surface area contributed by atoms with E-state index >= 15 is 0 Å². The first-order chi connectivity index (χ1) is 9.06. The largest absolute Gasteiger partial charge is 0.277 e. The maximum Gasteiger partial charge on any atom is 0.123 e. The molecule has 0 bridgehead atoms. The Bertz CT molecular complexity index is 609. The molecule has 1 N–H and O–H groups in total. The summed E-state index contributed by atoms with van der Waals surface area (Å²) in [7, 11) is 0. The second-order valence-corrected chi connectivity index (χ2v) is 4.78. The number of anilines is 1. The standard InChI is InChI=1S/C14H11Cl2FN2/c1-9(10-2-5-12(17)6-3-10)18-19-14-7-4-11(15)8-13(14)16/h2-8,19H,1H3/b18-9-. The molecule has 0 amide bonds. The van der Waals surface area contributed by atoms with Gasteiger partial charge in [0.25, 0.3) is 0 Å². The molecule has 0 aliphatic heterocycles. The second kappa shape index (κ2) is 6.04. The Hall–Kier alpha value is -1.58. The highest BCUT2D eigenvalue weighted by atomic mass is 35.5. The van der Waals surface area contributed by atoms with Gasteiger partial charge in [0.1, 0.15) is 5.82 Å². The number of nitrogens with one attached hydrogen (secondary N) is 1. The minimum Gasteiger partial charge on any atom is -0.277 e. The quantitative estimate of drug-likeness (QED) is 0.628. The lowest BCUT2D eigenvalue weighted by molar-refractivity contribution is 0.628. The monoisotopic (exact) mass is 296 g/mol. The van der Waals surface area contributed by atoms with Crippen LogP contribution in [0, 0.1) is 5.82 Å². The molecule has 2 nitrogen and oxygen atoms in total. The van der Waals surface area contributed by atoms with E-state index in [-0.39, 0.29) is 5.82 Å². The average Bonchev–Trinajstić information content (AvgIpc) is 2.38. The van der Waals surface area contributed by atoms with Crippen LogP contribution < -0.4 is 5.43 Å². The minimum absolute atomic E-state index is 0.273. The van der Waals surface area contributed by atoms with Crippen molar-refractivity contribution in [3.63, 3.8) is 0 Å². The maximum atomic E-state index is 12.8. The topological polar surface area (TPSA) is 24.4 Å². The van der Waals surface area contributed by atoms with Gasteiger partial charge in [-0.05, 0) is 42.8 Å². The first-order valence-corrected chi connectivity index (χ1v) is 6.33. The Morgan fingerprint density at radius 1 is 1.11 bits per heavy atom. The summed E-state index contributed by atoms with van der Waals surface area (Å²) in [6.45, 7) is 1.82. The van der Waals surface area contributed by atoms with Gasteiger partial charge in [-0.3, -0.25) is 5.43 Å². The van der Waals surface area contributed by atoms with E-state index in [1.54, 1.807) is 30.3 Å². The van der Waals surface area contributed by atoms with Crippen LogP contribution in [0.4, 0.5) is 10.1 Å². The zero-order valence-electron chi connectivity index (χ0n) is 10.1. The Kier molecular flexibility index (Phi) is 4.40. The number of hydrogen-bond acceptors (Lipinski definition) is 2. The first kappa shape index (κ1) is 13.8. The number of halogens is 3. The van der Waals surface area contributed by atoms with Gasteiger partial charge in [-0.1, -0.05) is 35.3 Å². The molecule has 0 saturated heterocycles. The Morgan fingerprint density at radius 3 is 2.42 bits per heavy atom. The van der Waals surface area contributed by atoms with Crippen molar-refractivity contribution in [1.82, 2.24) is 0 Å². The van der Waals surface area contributed by atoms with Crippen LogP contribution >= 0.6 is 23.2 Å². The molecular weight excluding hydrogens is 286 g/mol. The van der Waals surface area contributed by atoms with Crippen LogP contribution in [0.2, 0.25) is 10.0 Å². The summed E-state index contributed by atoms with van der Waals surface area (Å²) in [4.78, 5) is 0. The van der Waals surface area contributed by atoms with Crippen molar-refractivity contribution in [3.05, 3.63) is 63.9 Å². The van der Waals surface area contributed by atoms with Gasteiger partial charge in [-0.25, -0.2) is 4.39 Å². The normalized spacial score (nSPS) is 11.5. The third kappa shape index (κ3) is 3.69. The molecule has 0 atom stereocenters. The Balaban J connectivity index is 2.15. The second-order valence-electron chi connectivity index (χ2n) is 3.94. The summed E-state index contributed by atoms with van der Waals surface area (Å²) in [5, 5.41) is 5.26. The van der Waals surface area contributed by atoms with Crippen molar-refractivity contribution in [3.8, 4) is 0 Å². The zero-order valence-corrected chi connectivity index (χ0v) is 11.6. The van der Waals surface area contributed by atoms with Gasteiger partial charge in [0.05, 0.1) is 16.4 Å². The molecule has 2 rings (SSSR count). The summed E-state index contributed by atoms with van der Waals surface area (Å²) in [6, 6.07) is 11.2. The summed E-state index contributed by atoms with van der Waals surface area (Å²) in [6.07, 6.45) is 0. The van der Waals surface area contributed by atoms with Gasteiger partial charge in [0.15, 0.2) is 0 Å². The molecule has 0 aromatic heterocycles. The van der Waals surface area contributed by atoms with E-state index < -0.39 is 0 Å². The van der Waals surface area contributed by atoms with Gasteiger partial charge in [0, 0.05) is 5.02 Å². The lowest BCUT2D eigenvalue weighted by atomic mass is 10.1. The molecule has 2 aromatic carbocycles. The Labute approximate surface area is 120 Å². The van der Waals surface area contributed by atoms with E-state index in [1.165, 1.54) is 12.1 Å². The van der Waals surface area contributed by atoms with Gasteiger partial charge in [-0.2, -0.15) is 5.10 Å². The molecule has 19 heavy (non-hydrogen) atoms. The lowest BCUT2D eigenvalue weighted by Gasteiger charge is -2.05. The molecule has 5 heteroatoms. The van der Waals surface area contributed by atoms with Crippen molar-refractivity contribution in [2.45, 2.75) is 6.92 Å². The van der Waals surface area contributed by atoms with Gasteiger partial charge in [0.2, 0.25) is 0 Å². The third-order valence-corrected chi connectivity index (χ3v) is 3.08. The van der Waals surface area contributed by atoms with E-state index in [4.69, 9.17) is 23.2 Å². The highest BCUT2D eigenvalue weighted by Gasteiger charge is 2.01. The number of hydrazone groups is 1.